The van der Waals surface area contributed by atoms with Crippen molar-refractivity contribution in [2.24, 2.45) is 0 Å². The van der Waals surface area contributed by atoms with E-state index < -0.39 is 12.0 Å². The van der Waals surface area contributed by atoms with Crippen molar-refractivity contribution in [2.45, 2.75) is 71.4 Å². The Bertz CT molecular complexity index is 816. The van der Waals surface area contributed by atoms with Crippen LogP contribution in [-0.2, 0) is 22.6 Å². The minimum absolute atomic E-state index is 0.212. The van der Waals surface area contributed by atoms with Crippen molar-refractivity contribution in [3.63, 3.8) is 0 Å². The van der Waals surface area contributed by atoms with Gasteiger partial charge in [-0.2, -0.15) is 0 Å². The zero-order valence-corrected chi connectivity index (χ0v) is 19.8. The van der Waals surface area contributed by atoms with E-state index in [0.29, 0.717) is 25.9 Å². The second-order valence-electron chi connectivity index (χ2n) is 8.07. The first-order valence-electron chi connectivity index (χ1n) is 11.3. The van der Waals surface area contributed by atoms with Crippen LogP contribution in [0.15, 0.2) is 35.7 Å². The molecule has 31 heavy (non-hydrogen) atoms. The molecule has 0 spiro atoms. The largest absolute Gasteiger partial charge is 0.480 e. The van der Waals surface area contributed by atoms with E-state index in [1.165, 1.54) is 24.1 Å². The fourth-order valence-corrected chi connectivity index (χ4v) is 4.52. The number of likely N-dealkylation sites (N-methyl/N-ethyl adjacent to an activating group) is 1. The Hall–Kier alpha value is -2.18. The fourth-order valence-electron chi connectivity index (χ4n) is 3.57. The molecule has 1 amide bonds. The van der Waals surface area contributed by atoms with E-state index in [2.05, 4.69) is 23.7 Å². The van der Waals surface area contributed by atoms with E-state index in [1.54, 1.807) is 11.3 Å². The lowest BCUT2D eigenvalue weighted by molar-refractivity contribution is -0.139. The molecule has 2 aromatic rings. The minimum Gasteiger partial charge on any atom is -0.480 e. The molecule has 0 aliphatic carbocycles. The van der Waals surface area contributed by atoms with Crippen molar-refractivity contribution >= 4 is 23.2 Å². The van der Waals surface area contributed by atoms with Gasteiger partial charge in [-0.3, -0.25) is 9.59 Å². The van der Waals surface area contributed by atoms with Crippen molar-refractivity contribution in [3.8, 4) is 11.1 Å². The van der Waals surface area contributed by atoms with Crippen LogP contribution in [0.5, 0.6) is 0 Å². The molecule has 0 saturated carbocycles. The number of aliphatic carboxylic acids is 1. The molecule has 0 saturated heterocycles. The zero-order chi connectivity index (χ0) is 22.6. The van der Waals surface area contributed by atoms with E-state index in [1.807, 2.05) is 43.1 Å². The van der Waals surface area contributed by atoms with Crippen LogP contribution in [0.1, 0.15) is 62.8 Å². The number of benzene rings is 1. The van der Waals surface area contributed by atoms with Gasteiger partial charge in [-0.15, -0.1) is 11.3 Å². The average Bonchev–Trinajstić information content (AvgIpc) is 3.22. The third kappa shape index (κ3) is 8.46. The van der Waals surface area contributed by atoms with Crippen LogP contribution in [-0.4, -0.2) is 41.5 Å². The smallest absolute Gasteiger partial charge is 0.321 e. The van der Waals surface area contributed by atoms with E-state index in [-0.39, 0.29) is 5.91 Å². The van der Waals surface area contributed by atoms with Crippen LogP contribution in [0, 0.1) is 0 Å². The predicted octanol–water partition coefficient (Wildman–Crippen LogP) is 5.34. The number of unbranched alkanes of at least 4 members (excludes halogenated alkanes) is 4. The molecule has 1 aromatic carbocycles. The number of carbonyl (C=O) groups excluding carboxylic acids is 1. The highest BCUT2D eigenvalue weighted by Gasteiger charge is 2.16. The molecule has 0 radical (unpaired) electrons. The number of thiophene rings is 1. The van der Waals surface area contributed by atoms with Gasteiger partial charge in [0.15, 0.2) is 0 Å². The van der Waals surface area contributed by atoms with E-state index in [9.17, 15) is 14.7 Å². The highest BCUT2D eigenvalue weighted by Crippen LogP contribution is 2.27. The molecule has 1 atom stereocenters. The van der Waals surface area contributed by atoms with Crippen molar-refractivity contribution < 1.29 is 14.7 Å². The SMILES string of the molecule is CCCCCCCC(=O)N(C)Cc1cc(-c2ccc(CC(NCC)C(=O)O)cc2)cs1. The van der Waals surface area contributed by atoms with Gasteiger partial charge in [0.05, 0.1) is 6.54 Å². The van der Waals surface area contributed by atoms with Gasteiger partial charge in [0.1, 0.15) is 6.04 Å². The number of carboxylic acid groups (broad SMARTS) is 1. The quantitative estimate of drug-likeness (QED) is 0.386. The first-order chi connectivity index (χ1) is 14.9. The second kappa shape index (κ2) is 13.3. The van der Waals surface area contributed by atoms with Gasteiger partial charge < -0.3 is 15.3 Å². The molecule has 0 bridgehead atoms. The van der Waals surface area contributed by atoms with Gasteiger partial charge in [-0.05, 0) is 47.5 Å². The zero-order valence-electron chi connectivity index (χ0n) is 19.0. The molecule has 6 heteroatoms. The molecule has 1 heterocycles. The van der Waals surface area contributed by atoms with Crippen LogP contribution in [0.4, 0.5) is 0 Å². The van der Waals surface area contributed by atoms with Crippen LogP contribution in [0.25, 0.3) is 11.1 Å². The van der Waals surface area contributed by atoms with E-state index >= 15 is 0 Å². The lowest BCUT2D eigenvalue weighted by atomic mass is 10.0. The molecule has 0 aliphatic rings. The summed E-state index contributed by atoms with van der Waals surface area (Å²) < 4.78 is 0. The number of hydrogen-bond acceptors (Lipinski definition) is 4. The molecule has 2 rings (SSSR count). The van der Waals surface area contributed by atoms with Crippen LogP contribution in [0.2, 0.25) is 0 Å². The summed E-state index contributed by atoms with van der Waals surface area (Å²) in [4.78, 5) is 26.7. The molecule has 1 unspecified atom stereocenters. The standard InChI is InChI=1S/C25H36N2O3S/c1-4-6-7-8-9-10-24(28)27(3)17-22-16-21(18-31-22)20-13-11-19(12-14-20)15-23(25(29)30)26-5-2/h11-14,16,18,23,26H,4-10,15,17H2,1-3H3,(H,29,30). The van der Waals surface area contributed by atoms with Crippen LogP contribution >= 0.6 is 11.3 Å². The van der Waals surface area contributed by atoms with Crippen molar-refractivity contribution in [1.82, 2.24) is 10.2 Å². The molecule has 1 aromatic heterocycles. The third-order valence-electron chi connectivity index (χ3n) is 5.44. The number of rotatable bonds is 14. The van der Waals surface area contributed by atoms with Gasteiger partial charge in [-0.1, -0.05) is 63.8 Å². The molecule has 0 aliphatic heterocycles. The summed E-state index contributed by atoms with van der Waals surface area (Å²) in [6, 6.07) is 9.64. The fraction of sp³-hybridized carbons (Fsp3) is 0.520. The summed E-state index contributed by atoms with van der Waals surface area (Å²) in [7, 11) is 1.88. The number of nitrogens with zero attached hydrogens (tertiary/aromatic N) is 1. The number of nitrogens with one attached hydrogen (secondary N) is 1. The summed E-state index contributed by atoms with van der Waals surface area (Å²) in [6.45, 7) is 5.37. The topological polar surface area (TPSA) is 69.6 Å². The molecule has 2 N–H and O–H groups in total. The van der Waals surface area contributed by atoms with Crippen molar-refractivity contribution in [1.29, 1.82) is 0 Å². The maximum atomic E-state index is 12.4. The number of amides is 1. The Morgan fingerprint density at radius 1 is 1.06 bits per heavy atom. The van der Waals surface area contributed by atoms with Gasteiger partial charge in [0.25, 0.3) is 0 Å². The summed E-state index contributed by atoms with van der Waals surface area (Å²) in [5.41, 5.74) is 3.23. The molecule has 5 nitrogen and oxygen atoms in total. The minimum atomic E-state index is -0.826. The summed E-state index contributed by atoms with van der Waals surface area (Å²) in [6.07, 6.45) is 6.88. The highest BCUT2D eigenvalue weighted by atomic mass is 32.1. The molecular weight excluding hydrogens is 408 g/mol. The Kier molecular flexibility index (Phi) is 10.7. The second-order valence-corrected chi connectivity index (χ2v) is 9.06. The first kappa shape index (κ1) is 25.1. The van der Waals surface area contributed by atoms with Crippen molar-refractivity contribution in [2.75, 3.05) is 13.6 Å². The first-order valence-corrected chi connectivity index (χ1v) is 12.2. The molecule has 170 valence electrons. The Morgan fingerprint density at radius 3 is 2.42 bits per heavy atom. The maximum Gasteiger partial charge on any atom is 0.321 e. The van der Waals surface area contributed by atoms with Gasteiger partial charge >= 0.3 is 5.97 Å². The predicted molar refractivity (Wildman–Crippen MR) is 128 cm³/mol. The van der Waals surface area contributed by atoms with Crippen LogP contribution < -0.4 is 5.32 Å². The lowest BCUT2D eigenvalue weighted by Crippen LogP contribution is -2.38. The summed E-state index contributed by atoms with van der Waals surface area (Å²) in [5, 5.41) is 14.4. The van der Waals surface area contributed by atoms with Crippen LogP contribution in [0.3, 0.4) is 0 Å². The molecule has 0 fully saturated rings. The Labute approximate surface area is 190 Å². The lowest BCUT2D eigenvalue weighted by Gasteiger charge is -2.16. The summed E-state index contributed by atoms with van der Waals surface area (Å²) in [5.74, 6) is -0.613. The highest BCUT2D eigenvalue weighted by molar-refractivity contribution is 7.10. The Balaban J connectivity index is 1.88. The number of carboxylic acids is 1. The van der Waals surface area contributed by atoms with Gasteiger partial charge in [0.2, 0.25) is 5.91 Å². The van der Waals surface area contributed by atoms with Gasteiger partial charge in [-0.25, -0.2) is 0 Å². The average molecular weight is 445 g/mol. The van der Waals surface area contributed by atoms with Crippen molar-refractivity contribution in [3.05, 3.63) is 46.2 Å². The Morgan fingerprint density at radius 2 is 1.77 bits per heavy atom. The van der Waals surface area contributed by atoms with E-state index in [4.69, 9.17) is 0 Å². The van der Waals surface area contributed by atoms with Gasteiger partial charge in [0, 0.05) is 18.3 Å². The van der Waals surface area contributed by atoms with E-state index in [0.717, 1.165) is 29.5 Å². The maximum absolute atomic E-state index is 12.4. The monoisotopic (exact) mass is 444 g/mol. The number of carbonyl (C=O) groups is 2. The number of hydrogen-bond donors (Lipinski definition) is 2. The normalized spacial score (nSPS) is 12.0. The molecular formula is C25H36N2O3S. The third-order valence-corrected chi connectivity index (χ3v) is 6.36. The summed E-state index contributed by atoms with van der Waals surface area (Å²) >= 11 is 1.67.